The fraction of sp³-hybridized carbons (Fsp3) is 0.200. The van der Waals surface area contributed by atoms with Crippen LogP contribution < -0.4 is 9.47 Å². The molecule has 1 aromatic carbocycles. The Kier molecular flexibility index (Phi) is 4.32. The van der Waals surface area contributed by atoms with Crippen molar-refractivity contribution < 1.29 is 19.1 Å². The van der Waals surface area contributed by atoms with Gasteiger partial charge < -0.3 is 9.47 Å². The summed E-state index contributed by atoms with van der Waals surface area (Å²) in [7, 11) is 1.39. The molecule has 86 valence electrons. The van der Waals surface area contributed by atoms with Crippen molar-refractivity contribution in [2.75, 3.05) is 7.11 Å². The highest BCUT2D eigenvalue weighted by atomic mass is 79.9. The Bertz CT molecular complexity index is 445. The average molecular weight is 308 g/mol. The summed E-state index contributed by atoms with van der Waals surface area (Å²) in [6.07, 6.45) is 0. The molecule has 0 heterocycles. The number of halogens is 2. The molecule has 0 amide bonds. The summed E-state index contributed by atoms with van der Waals surface area (Å²) in [4.78, 5) is 22.2. The molecule has 0 saturated carbocycles. The maximum atomic E-state index is 11.3. The van der Waals surface area contributed by atoms with Gasteiger partial charge in [0.1, 0.15) is 11.3 Å². The van der Waals surface area contributed by atoms with Crippen LogP contribution in [0.3, 0.4) is 0 Å². The van der Waals surface area contributed by atoms with Crippen LogP contribution in [-0.2, 0) is 4.79 Å². The van der Waals surface area contributed by atoms with Crippen molar-refractivity contribution >= 4 is 38.7 Å². The van der Waals surface area contributed by atoms with E-state index in [4.69, 9.17) is 21.1 Å². The summed E-state index contributed by atoms with van der Waals surface area (Å²) in [6.45, 7) is 1.23. The zero-order valence-electron chi connectivity index (χ0n) is 8.54. The second-order valence-electron chi connectivity index (χ2n) is 2.82. The first-order valence-electron chi connectivity index (χ1n) is 4.22. The number of methoxy groups -OCH3 is 1. The topological polar surface area (TPSA) is 52.6 Å². The molecule has 0 unspecified atom stereocenters. The van der Waals surface area contributed by atoms with Crippen molar-refractivity contribution in [2.45, 2.75) is 6.92 Å². The summed E-state index contributed by atoms with van der Waals surface area (Å²) in [5.74, 6) is -0.237. The summed E-state index contributed by atoms with van der Waals surface area (Å²) in [5.41, 5.74) is 0.0220. The fourth-order valence-electron chi connectivity index (χ4n) is 1.14. The van der Waals surface area contributed by atoms with Gasteiger partial charge >= 0.3 is 5.97 Å². The summed E-state index contributed by atoms with van der Waals surface area (Å²) < 4.78 is 10.3. The molecule has 0 spiro atoms. The van der Waals surface area contributed by atoms with E-state index in [2.05, 4.69) is 15.9 Å². The van der Waals surface area contributed by atoms with E-state index in [0.29, 0.717) is 4.47 Å². The highest BCUT2D eigenvalue weighted by molar-refractivity contribution is 9.10. The minimum atomic E-state index is -0.755. The number of carbonyl (C=O) groups is 2. The SMILES string of the molecule is COc1ccc(Br)c(OC(C)=O)c1C(=O)Cl. The van der Waals surface area contributed by atoms with Crippen molar-refractivity contribution in [3.8, 4) is 11.5 Å². The predicted molar refractivity (Wildman–Crippen MR) is 62.2 cm³/mol. The van der Waals surface area contributed by atoms with E-state index >= 15 is 0 Å². The molecule has 0 saturated heterocycles. The van der Waals surface area contributed by atoms with Crippen LogP contribution in [0.5, 0.6) is 11.5 Å². The lowest BCUT2D eigenvalue weighted by molar-refractivity contribution is -0.131. The number of ether oxygens (including phenoxy) is 2. The van der Waals surface area contributed by atoms with Crippen molar-refractivity contribution in [3.05, 3.63) is 22.2 Å². The Hall–Kier alpha value is -1.07. The highest BCUT2D eigenvalue weighted by Crippen LogP contribution is 2.36. The number of carbonyl (C=O) groups excluding carboxylic acids is 2. The first-order valence-corrected chi connectivity index (χ1v) is 5.39. The third kappa shape index (κ3) is 2.74. The van der Waals surface area contributed by atoms with Gasteiger partial charge in [0.15, 0.2) is 5.75 Å². The lowest BCUT2D eigenvalue weighted by atomic mass is 10.2. The molecule has 0 bridgehead atoms. The third-order valence-corrected chi connectivity index (χ3v) is 2.55. The summed E-state index contributed by atoms with van der Waals surface area (Å²) in [5, 5.41) is -0.755. The molecule has 0 radical (unpaired) electrons. The number of rotatable bonds is 3. The molecule has 0 atom stereocenters. The van der Waals surface area contributed by atoms with E-state index in [9.17, 15) is 9.59 Å². The molecule has 16 heavy (non-hydrogen) atoms. The predicted octanol–water partition coefficient (Wildman–Crippen LogP) is 2.76. The lowest BCUT2D eigenvalue weighted by Gasteiger charge is -2.11. The minimum Gasteiger partial charge on any atom is -0.496 e. The van der Waals surface area contributed by atoms with Gasteiger partial charge in [-0.15, -0.1) is 0 Å². The molecule has 0 aliphatic heterocycles. The van der Waals surface area contributed by atoms with Crippen LogP contribution >= 0.6 is 27.5 Å². The van der Waals surface area contributed by atoms with Gasteiger partial charge in [-0.05, 0) is 39.7 Å². The van der Waals surface area contributed by atoms with Gasteiger partial charge in [-0.3, -0.25) is 9.59 Å². The van der Waals surface area contributed by atoms with Crippen LogP contribution in [0, 0.1) is 0 Å². The Morgan fingerprint density at radius 2 is 2.00 bits per heavy atom. The molecule has 1 aromatic rings. The van der Waals surface area contributed by atoms with Crippen LogP contribution in [0.25, 0.3) is 0 Å². The van der Waals surface area contributed by atoms with Gasteiger partial charge in [0, 0.05) is 6.92 Å². The second-order valence-corrected chi connectivity index (χ2v) is 4.02. The lowest BCUT2D eigenvalue weighted by Crippen LogP contribution is -2.07. The average Bonchev–Trinajstić information content (AvgIpc) is 2.19. The molecule has 0 aromatic heterocycles. The van der Waals surface area contributed by atoms with Crippen LogP contribution in [0.15, 0.2) is 16.6 Å². The maximum absolute atomic E-state index is 11.3. The molecule has 6 heteroatoms. The van der Waals surface area contributed by atoms with Gasteiger partial charge in [0.25, 0.3) is 5.24 Å². The first kappa shape index (κ1) is 13.0. The van der Waals surface area contributed by atoms with E-state index in [1.807, 2.05) is 0 Å². The van der Waals surface area contributed by atoms with Crippen LogP contribution in [0.4, 0.5) is 0 Å². The van der Waals surface area contributed by atoms with Gasteiger partial charge in [0.05, 0.1) is 11.6 Å². The Morgan fingerprint density at radius 3 is 2.44 bits per heavy atom. The molecular weight excluding hydrogens is 299 g/mol. The highest BCUT2D eigenvalue weighted by Gasteiger charge is 2.20. The van der Waals surface area contributed by atoms with E-state index in [1.54, 1.807) is 12.1 Å². The van der Waals surface area contributed by atoms with Crippen molar-refractivity contribution in [2.24, 2.45) is 0 Å². The van der Waals surface area contributed by atoms with Gasteiger partial charge in [-0.2, -0.15) is 0 Å². The van der Waals surface area contributed by atoms with Crippen molar-refractivity contribution in [1.29, 1.82) is 0 Å². The molecule has 0 aliphatic rings. The summed E-state index contributed by atoms with van der Waals surface area (Å²) in [6, 6.07) is 3.15. The van der Waals surface area contributed by atoms with Crippen LogP contribution in [0.1, 0.15) is 17.3 Å². The molecule has 0 fully saturated rings. The quantitative estimate of drug-likeness (QED) is 0.489. The van der Waals surface area contributed by atoms with Gasteiger partial charge in [0.2, 0.25) is 0 Å². The molecule has 0 aliphatic carbocycles. The first-order chi connectivity index (χ1) is 7.47. The fourth-order valence-corrected chi connectivity index (χ4v) is 1.73. The standard InChI is InChI=1S/C10H8BrClO4/c1-5(13)16-9-6(11)3-4-7(15-2)8(9)10(12)14/h3-4H,1-2H3. The minimum absolute atomic E-state index is 0.0220. The van der Waals surface area contributed by atoms with Crippen LogP contribution in [-0.4, -0.2) is 18.3 Å². The number of hydrogen-bond donors (Lipinski definition) is 0. The van der Waals surface area contributed by atoms with E-state index in [-0.39, 0.29) is 17.1 Å². The Balaban J connectivity index is 3.41. The van der Waals surface area contributed by atoms with Crippen molar-refractivity contribution in [3.63, 3.8) is 0 Å². The van der Waals surface area contributed by atoms with Crippen molar-refractivity contribution in [1.82, 2.24) is 0 Å². The molecule has 1 rings (SSSR count). The molecule has 4 nitrogen and oxygen atoms in total. The number of esters is 1. The van der Waals surface area contributed by atoms with E-state index in [1.165, 1.54) is 14.0 Å². The Morgan fingerprint density at radius 1 is 1.38 bits per heavy atom. The monoisotopic (exact) mass is 306 g/mol. The normalized spacial score (nSPS) is 9.75. The third-order valence-electron chi connectivity index (χ3n) is 1.73. The largest absolute Gasteiger partial charge is 0.496 e. The maximum Gasteiger partial charge on any atom is 0.308 e. The number of benzene rings is 1. The van der Waals surface area contributed by atoms with Crippen LogP contribution in [0.2, 0.25) is 0 Å². The summed E-state index contributed by atoms with van der Waals surface area (Å²) >= 11 is 8.58. The zero-order valence-corrected chi connectivity index (χ0v) is 10.9. The molecular formula is C10H8BrClO4. The second kappa shape index (κ2) is 5.32. The Labute approximate surface area is 106 Å². The number of hydrogen-bond acceptors (Lipinski definition) is 4. The van der Waals surface area contributed by atoms with Gasteiger partial charge in [-0.25, -0.2) is 0 Å². The van der Waals surface area contributed by atoms with E-state index < -0.39 is 11.2 Å². The van der Waals surface area contributed by atoms with Gasteiger partial charge in [-0.1, -0.05) is 0 Å². The molecule has 0 N–H and O–H groups in total. The smallest absolute Gasteiger partial charge is 0.308 e. The van der Waals surface area contributed by atoms with E-state index in [0.717, 1.165) is 0 Å². The zero-order chi connectivity index (χ0) is 12.3.